The summed E-state index contributed by atoms with van der Waals surface area (Å²) < 4.78 is 5.53. The molecule has 2 heterocycles. The van der Waals surface area contributed by atoms with Gasteiger partial charge in [0, 0.05) is 18.5 Å². The van der Waals surface area contributed by atoms with Crippen LogP contribution in [0.5, 0.6) is 0 Å². The molecule has 0 aromatic carbocycles. The summed E-state index contributed by atoms with van der Waals surface area (Å²) in [6.45, 7) is 2.19. The summed E-state index contributed by atoms with van der Waals surface area (Å²) in [5, 5.41) is 0. The summed E-state index contributed by atoms with van der Waals surface area (Å²) in [6.07, 6.45) is 0. The van der Waals surface area contributed by atoms with E-state index < -0.39 is 0 Å². The van der Waals surface area contributed by atoms with Crippen LogP contribution in [0.2, 0.25) is 4.34 Å². The first-order chi connectivity index (χ1) is 4.75. The average molecular weight is 191 g/mol. The number of aromatic amines is 1. The maximum absolute atomic E-state index is 5.79. The van der Waals surface area contributed by atoms with Crippen molar-refractivity contribution in [2.24, 2.45) is 6.66 Å². The van der Waals surface area contributed by atoms with Gasteiger partial charge in [-0.05, 0) is 0 Å². The fourth-order valence-corrected chi connectivity index (χ4v) is 3.80. The van der Waals surface area contributed by atoms with Crippen LogP contribution in [0.4, 0.5) is 0 Å². The zero-order chi connectivity index (χ0) is 7.14. The van der Waals surface area contributed by atoms with Crippen LogP contribution < -0.4 is 4.75 Å². The van der Waals surface area contributed by atoms with Crippen LogP contribution in [0, 0.1) is 0 Å². The van der Waals surface area contributed by atoms with E-state index in [0.29, 0.717) is 0 Å². The third-order valence-electron chi connectivity index (χ3n) is 1.34. The monoisotopic (exact) mass is 190 g/mol. The van der Waals surface area contributed by atoms with E-state index in [4.69, 9.17) is 11.6 Å². The fraction of sp³-hybridized carbons (Fsp3) is 0.167. The highest BCUT2D eigenvalue weighted by molar-refractivity contribution is 7.41. The van der Waals surface area contributed by atoms with Crippen molar-refractivity contribution < 1.29 is 4.75 Å². The molecule has 0 bridgehead atoms. The number of nitrogens with one attached hydrogen (secondary N) is 1. The molecule has 0 amide bonds. The van der Waals surface area contributed by atoms with Gasteiger partial charge in [0.05, 0.1) is 0 Å². The molecule has 10 heavy (non-hydrogen) atoms. The van der Waals surface area contributed by atoms with Gasteiger partial charge in [0.25, 0.3) is 0 Å². The van der Waals surface area contributed by atoms with Crippen LogP contribution >= 0.6 is 30.6 Å². The van der Waals surface area contributed by atoms with Crippen LogP contribution in [0.1, 0.15) is 0 Å². The largest absolute Gasteiger partial charge is 0.225 e. The Morgan fingerprint density at radius 1 is 1.70 bits per heavy atom. The number of hydrogen-bond donors (Lipinski definition) is 0. The predicted molar refractivity (Wildman–Crippen MR) is 47.1 cm³/mol. The molecule has 0 saturated heterocycles. The number of thiophene rings is 1. The molecule has 0 spiro atoms. The Morgan fingerprint density at radius 2 is 2.50 bits per heavy atom. The summed E-state index contributed by atoms with van der Waals surface area (Å²) in [5.41, 5.74) is 1.21. The summed E-state index contributed by atoms with van der Waals surface area (Å²) >= 11 is 7.44. The quantitative estimate of drug-likeness (QED) is 0.607. The van der Waals surface area contributed by atoms with Crippen molar-refractivity contribution in [2.75, 3.05) is 0 Å². The number of fused-ring (bicyclic) bond motifs is 1. The van der Waals surface area contributed by atoms with E-state index in [1.54, 1.807) is 11.3 Å². The number of H-pyrrole nitrogens is 1. The number of hydrogen-bond acceptors (Lipinski definition) is 1. The predicted octanol–water partition coefficient (Wildman–Crippen LogP) is 2.89. The molecule has 4 heteroatoms. The van der Waals surface area contributed by atoms with E-state index in [1.165, 1.54) is 10.2 Å². The van der Waals surface area contributed by atoms with Gasteiger partial charge < -0.3 is 0 Å². The molecule has 1 atom stereocenters. The number of aromatic nitrogens is 1. The average Bonchev–Trinajstić information content (AvgIpc) is 2.21. The van der Waals surface area contributed by atoms with Gasteiger partial charge in [-0.2, -0.15) is 0 Å². The number of aryl methyl sites for hydroxylation is 1. The Bertz CT molecular complexity index is 302. The van der Waals surface area contributed by atoms with Crippen LogP contribution in [0.25, 0.3) is 10.2 Å². The van der Waals surface area contributed by atoms with Crippen LogP contribution in [-0.2, 0) is 6.66 Å². The van der Waals surface area contributed by atoms with E-state index in [-0.39, 0.29) is 7.69 Å². The fourth-order valence-electron chi connectivity index (χ4n) is 0.956. The Hall–Kier alpha value is -0.0400. The molecule has 52 valence electrons. The summed E-state index contributed by atoms with van der Waals surface area (Å²) in [5.74, 6) is 2.25. The molecular weight excluding hydrogens is 185 g/mol. The summed E-state index contributed by atoms with van der Waals surface area (Å²) in [6, 6.07) is 1.99. The second-order valence-corrected chi connectivity index (χ2v) is 5.60. The van der Waals surface area contributed by atoms with E-state index in [0.717, 1.165) is 4.34 Å². The third-order valence-corrected chi connectivity index (χ3v) is 3.96. The van der Waals surface area contributed by atoms with Crippen molar-refractivity contribution in [3.05, 3.63) is 16.2 Å². The SMILES string of the molecule is Cp1cc2sc(Cl)cc2[nH+]1. The minimum absolute atomic E-state index is 0.0904. The van der Waals surface area contributed by atoms with Gasteiger partial charge in [-0.25, -0.2) is 4.75 Å². The summed E-state index contributed by atoms with van der Waals surface area (Å²) in [7, 11) is -0.0904. The topological polar surface area (TPSA) is 14.1 Å². The Labute approximate surface area is 68.8 Å². The molecule has 2 aromatic rings. The van der Waals surface area contributed by atoms with Crippen LogP contribution in [0.15, 0.2) is 11.9 Å². The van der Waals surface area contributed by atoms with Crippen molar-refractivity contribution in [3.63, 3.8) is 0 Å². The molecule has 0 radical (unpaired) electrons. The van der Waals surface area contributed by atoms with Crippen molar-refractivity contribution in [1.82, 2.24) is 0 Å². The Balaban J connectivity index is 2.83. The maximum atomic E-state index is 5.79. The highest BCUT2D eigenvalue weighted by Gasteiger charge is 2.08. The lowest BCUT2D eigenvalue weighted by Crippen LogP contribution is -1.89. The molecule has 1 nitrogen and oxygen atoms in total. The molecule has 0 aliphatic carbocycles. The van der Waals surface area contributed by atoms with Gasteiger partial charge in [-0.15, -0.1) is 11.3 Å². The Kier molecular flexibility index (Phi) is 1.48. The molecule has 2 aromatic heterocycles. The number of rotatable bonds is 0. The van der Waals surface area contributed by atoms with Gasteiger partial charge in [-0.1, -0.05) is 11.6 Å². The second kappa shape index (κ2) is 2.23. The molecule has 2 rings (SSSR count). The Morgan fingerprint density at radius 3 is 3.20 bits per heavy atom. The first kappa shape index (κ1) is 6.66. The molecule has 1 N–H and O–H groups in total. The lowest BCUT2D eigenvalue weighted by Gasteiger charge is -1.68. The van der Waals surface area contributed by atoms with Gasteiger partial charge in [0.1, 0.15) is 16.7 Å². The van der Waals surface area contributed by atoms with Crippen LogP contribution in [0.3, 0.4) is 0 Å². The van der Waals surface area contributed by atoms with Gasteiger partial charge in [0.15, 0.2) is 0 Å². The second-order valence-electron chi connectivity index (χ2n) is 2.18. The van der Waals surface area contributed by atoms with E-state index in [1.807, 2.05) is 6.07 Å². The smallest absolute Gasteiger partial charge is 0.202 e. The zero-order valence-electron chi connectivity index (χ0n) is 5.39. The maximum Gasteiger partial charge on any atom is 0.225 e. The van der Waals surface area contributed by atoms with Gasteiger partial charge in [-0.3, -0.25) is 0 Å². The van der Waals surface area contributed by atoms with Crippen molar-refractivity contribution in [1.29, 1.82) is 0 Å². The first-order valence-electron chi connectivity index (χ1n) is 2.89. The lowest BCUT2D eigenvalue weighted by atomic mass is 10.5. The number of halogens is 1. The molecule has 0 aliphatic rings. The van der Waals surface area contributed by atoms with Gasteiger partial charge in [0.2, 0.25) is 5.52 Å². The highest BCUT2D eigenvalue weighted by Crippen LogP contribution is 2.31. The molecule has 0 saturated carbocycles. The molecular formula is C6H6ClNPS+. The van der Waals surface area contributed by atoms with E-state index in [2.05, 4.69) is 17.2 Å². The van der Waals surface area contributed by atoms with Gasteiger partial charge >= 0.3 is 0 Å². The molecule has 1 unspecified atom stereocenters. The van der Waals surface area contributed by atoms with E-state index in [9.17, 15) is 0 Å². The van der Waals surface area contributed by atoms with E-state index >= 15 is 0 Å². The molecule has 0 aliphatic heterocycles. The highest BCUT2D eigenvalue weighted by atomic mass is 35.5. The minimum atomic E-state index is -0.0904. The third kappa shape index (κ3) is 0.968. The van der Waals surface area contributed by atoms with Crippen molar-refractivity contribution >= 4 is 40.8 Å². The molecule has 0 fully saturated rings. The standard InChI is InChI=1S/C6H5ClNPS/c1-9-3-5-4(8-9)2-6(7)10-5/h2-3H,1H3/p+1. The minimum Gasteiger partial charge on any atom is -0.202 e. The zero-order valence-corrected chi connectivity index (χ0v) is 7.85. The lowest BCUT2D eigenvalue weighted by molar-refractivity contribution is -0.256. The summed E-state index contributed by atoms with van der Waals surface area (Å²) in [4.78, 5) is 0. The van der Waals surface area contributed by atoms with Crippen LogP contribution in [-0.4, -0.2) is 0 Å². The first-order valence-corrected chi connectivity index (χ1v) is 5.94. The van der Waals surface area contributed by atoms with Crippen molar-refractivity contribution in [2.45, 2.75) is 0 Å². The normalized spacial score (nSPS) is 12.8. The van der Waals surface area contributed by atoms with Crippen molar-refractivity contribution in [3.8, 4) is 0 Å².